The number of imidazole rings is 1. The summed E-state index contributed by atoms with van der Waals surface area (Å²) in [5.74, 6) is -1.11. The molecule has 1 aliphatic rings. The molecule has 1 unspecified atom stereocenters. The number of hydrogen-bond donors (Lipinski definition) is 4. The predicted molar refractivity (Wildman–Crippen MR) is 70.8 cm³/mol. The highest BCUT2D eigenvalue weighted by molar-refractivity contribution is 5.82. The summed E-state index contributed by atoms with van der Waals surface area (Å²) in [4.78, 5) is 29.5. The molecule has 0 bridgehead atoms. The molecule has 1 aliphatic heterocycles. The van der Waals surface area contributed by atoms with Gasteiger partial charge in [-0.05, 0) is 0 Å². The standard InChI is InChI=1S/C12H18N4O5/c17-11(18)10(3-8-4-13-7-15-8)16-12(19)14-5-9-6-20-1-2-21-9/h4,7,9-10H,1-3,5-6H2,(H,13,15)(H,17,18)(H2,14,16,19)/t9?,10-/m0/s1. The van der Waals surface area contributed by atoms with Crippen LogP contribution in [0.3, 0.4) is 0 Å². The number of aliphatic carboxylic acids is 1. The van der Waals surface area contributed by atoms with E-state index in [0.29, 0.717) is 25.5 Å². The van der Waals surface area contributed by atoms with Gasteiger partial charge in [0.1, 0.15) is 6.04 Å². The number of rotatable bonds is 6. The molecule has 0 aliphatic carbocycles. The van der Waals surface area contributed by atoms with Crippen LogP contribution in [-0.4, -0.2) is 65.6 Å². The van der Waals surface area contributed by atoms with E-state index in [1.807, 2.05) is 0 Å². The van der Waals surface area contributed by atoms with Crippen molar-refractivity contribution in [3.05, 3.63) is 18.2 Å². The van der Waals surface area contributed by atoms with E-state index < -0.39 is 18.0 Å². The van der Waals surface area contributed by atoms with Gasteiger partial charge < -0.3 is 30.2 Å². The van der Waals surface area contributed by atoms with E-state index in [4.69, 9.17) is 14.6 Å². The van der Waals surface area contributed by atoms with Crippen molar-refractivity contribution in [3.63, 3.8) is 0 Å². The lowest BCUT2D eigenvalue weighted by Gasteiger charge is -2.23. The Morgan fingerprint density at radius 3 is 3.00 bits per heavy atom. The number of carbonyl (C=O) groups excluding carboxylic acids is 1. The van der Waals surface area contributed by atoms with Gasteiger partial charge in [-0.25, -0.2) is 14.6 Å². The van der Waals surface area contributed by atoms with E-state index in [2.05, 4.69) is 20.6 Å². The van der Waals surface area contributed by atoms with Crippen molar-refractivity contribution >= 4 is 12.0 Å². The molecular formula is C12H18N4O5. The summed E-state index contributed by atoms with van der Waals surface area (Å²) < 4.78 is 10.6. The van der Waals surface area contributed by atoms with Gasteiger partial charge >= 0.3 is 12.0 Å². The molecule has 2 atom stereocenters. The Morgan fingerprint density at radius 2 is 2.38 bits per heavy atom. The third kappa shape index (κ3) is 5.04. The average molecular weight is 298 g/mol. The van der Waals surface area contributed by atoms with Gasteiger partial charge in [-0.15, -0.1) is 0 Å². The SMILES string of the molecule is O=C(NCC1COCCO1)N[C@@H](Cc1cnc[nH]1)C(=O)O. The molecule has 2 rings (SSSR count). The summed E-state index contributed by atoms with van der Waals surface area (Å²) in [6.45, 7) is 1.72. The first-order valence-corrected chi connectivity index (χ1v) is 6.59. The maximum Gasteiger partial charge on any atom is 0.326 e. The smallest absolute Gasteiger partial charge is 0.326 e. The first-order chi connectivity index (χ1) is 10.1. The maximum atomic E-state index is 11.7. The number of nitrogens with zero attached hydrogens (tertiary/aromatic N) is 1. The summed E-state index contributed by atoms with van der Waals surface area (Å²) >= 11 is 0. The highest BCUT2D eigenvalue weighted by atomic mass is 16.6. The fourth-order valence-electron chi connectivity index (χ4n) is 1.89. The third-order valence-corrected chi connectivity index (χ3v) is 2.96. The second-order valence-electron chi connectivity index (χ2n) is 4.59. The zero-order chi connectivity index (χ0) is 15.1. The van der Waals surface area contributed by atoms with E-state index in [0.717, 1.165) is 0 Å². The molecule has 2 heterocycles. The molecule has 0 spiro atoms. The molecule has 4 N–H and O–H groups in total. The number of aromatic amines is 1. The number of aromatic nitrogens is 2. The van der Waals surface area contributed by atoms with Crippen LogP contribution in [0.1, 0.15) is 5.69 Å². The monoisotopic (exact) mass is 298 g/mol. The molecule has 1 fully saturated rings. The number of hydrogen-bond acceptors (Lipinski definition) is 5. The maximum absolute atomic E-state index is 11.7. The molecule has 1 saturated heterocycles. The predicted octanol–water partition coefficient (Wildman–Crippen LogP) is -0.880. The second kappa shape index (κ2) is 7.60. The number of H-pyrrole nitrogens is 1. The highest BCUT2D eigenvalue weighted by Gasteiger charge is 2.22. The summed E-state index contributed by atoms with van der Waals surface area (Å²) in [5, 5.41) is 14.1. The highest BCUT2D eigenvalue weighted by Crippen LogP contribution is 2.00. The van der Waals surface area contributed by atoms with Crippen molar-refractivity contribution in [2.45, 2.75) is 18.6 Å². The average Bonchev–Trinajstić information content (AvgIpc) is 2.98. The van der Waals surface area contributed by atoms with Crippen LogP contribution in [0, 0.1) is 0 Å². The van der Waals surface area contributed by atoms with Gasteiger partial charge in [0.05, 0.1) is 32.3 Å². The van der Waals surface area contributed by atoms with Gasteiger partial charge in [-0.3, -0.25) is 0 Å². The Balaban J connectivity index is 1.76. The minimum atomic E-state index is -1.11. The fourth-order valence-corrected chi connectivity index (χ4v) is 1.89. The zero-order valence-electron chi connectivity index (χ0n) is 11.4. The van der Waals surface area contributed by atoms with E-state index in [-0.39, 0.29) is 19.1 Å². The Hall–Kier alpha value is -2.13. The summed E-state index contributed by atoms with van der Waals surface area (Å²) in [6.07, 6.45) is 2.89. The molecule has 0 aromatic carbocycles. The summed E-state index contributed by atoms with van der Waals surface area (Å²) in [6, 6.07) is -1.59. The number of carbonyl (C=O) groups is 2. The van der Waals surface area contributed by atoms with Crippen LogP contribution in [0.4, 0.5) is 4.79 Å². The van der Waals surface area contributed by atoms with Gasteiger partial charge in [0.25, 0.3) is 0 Å². The summed E-state index contributed by atoms with van der Waals surface area (Å²) in [7, 11) is 0. The van der Waals surface area contributed by atoms with Gasteiger partial charge in [0.2, 0.25) is 0 Å². The number of ether oxygens (including phenoxy) is 2. The van der Waals surface area contributed by atoms with Crippen LogP contribution >= 0.6 is 0 Å². The van der Waals surface area contributed by atoms with Crippen molar-refractivity contribution < 1.29 is 24.2 Å². The Bertz CT molecular complexity index is 458. The molecular weight excluding hydrogens is 280 g/mol. The molecule has 0 saturated carbocycles. The number of urea groups is 1. The molecule has 21 heavy (non-hydrogen) atoms. The Kier molecular flexibility index (Phi) is 5.52. The minimum absolute atomic E-state index is 0.131. The fraction of sp³-hybridized carbons (Fsp3) is 0.583. The molecule has 116 valence electrons. The third-order valence-electron chi connectivity index (χ3n) is 2.96. The molecule has 1 aromatic rings. The van der Waals surface area contributed by atoms with E-state index >= 15 is 0 Å². The lowest BCUT2D eigenvalue weighted by Crippen LogP contribution is -2.49. The van der Waals surface area contributed by atoms with Gasteiger partial charge in [0.15, 0.2) is 0 Å². The lowest BCUT2D eigenvalue weighted by molar-refractivity contribution is -0.139. The van der Waals surface area contributed by atoms with Crippen LogP contribution < -0.4 is 10.6 Å². The van der Waals surface area contributed by atoms with Crippen molar-refractivity contribution in [3.8, 4) is 0 Å². The minimum Gasteiger partial charge on any atom is -0.480 e. The van der Waals surface area contributed by atoms with Crippen LogP contribution in [0.5, 0.6) is 0 Å². The van der Waals surface area contributed by atoms with Crippen molar-refractivity contribution in [2.24, 2.45) is 0 Å². The Morgan fingerprint density at radius 1 is 1.52 bits per heavy atom. The van der Waals surface area contributed by atoms with E-state index in [1.54, 1.807) is 0 Å². The largest absolute Gasteiger partial charge is 0.480 e. The van der Waals surface area contributed by atoms with Crippen molar-refractivity contribution in [1.82, 2.24) is 20.6 Å². The Labute approximate surface area is 121 Å². The molecule has 1 aromatic heterocycles. The molecule has 0 radical (unpaired) electrons. The molecule has 2 amide bonds. The summed E-state index contributed by atoms with van der Waals surface area (Å²) in [5.41, 5.74) is 0.631. The van der Waals surface area contributed by atoms with Gasteiger partial charge in [0, 0.05) is 24.9 Å². The number of carboxylic acid groups (broad SMARTS) is 1. The second-order valence-corrected chi connectivity index (χ2v) is 4.59. The zero-order valence-corrected chi connectivity index (χ0v) is 11.4. The van der Waals surface area contributed by atoms with Crippen LogP contribution in [0.25, 0.3) is 0 Å². The van der Waals surface area contributed by atoms with Crippen LogP contribution in [0.2, 0.25) is 0 Å². The van der Waals surface area contributed by atoms with Crippen molar-refractivity contribution in [2.75, 3.05) is 26.4 Å². The van der Waals surface area contributed by atoms with E-state index in [9.17, 15) is 9.59 Å². The number of nitrogens with one attached hydrogen (secondary N) is 3. The topological polar surface area (TPSA) is 126 Å². The quantitative estimate of drug-likeness (QED) is 0.540. The molecule has 9 heteroatoms. The first kappa shape index (κ1) is 15.3. The first-order valence-electron chi connectivity index (χ1n) is 6.59. The molecule has 9 nitrogen and oxygen atoms in total. The number of carboxylic acids is 1. The normalized spacial score (nSPS) is 19.7. The van der Waals surface area contributed by atoms with Crippen LogP contribution in [-0.2, 0) is 20.7 Å². The number of amides is 2. The lowest BCUT2D eigenvalue weighted by atomic mass is 10.2. The van der Waals surface area contributed by atoms with Crippen molar-refractivity contribution in [1.29, 1.82) is 0 Å². The van der Waals surface area contributed by atoms with E-state index in [1.165, 1.54) is 12.5 Å². The van der Waals surface area contributed by atoms with Gasteiger partial charge in [-0.2, -0.15) is 0 Å². The van der Waals surface area contributed by atoms with Gasteiger partial charge in [-0.1, -0.05) is 0 Å². The van der Waals surface area contributed by atoms with Crippen LogP contribution in [0.15, 0.2) is 12.5 Å².